The second-order valence-corrected chi connectivity index (χ2v) is 5.95. The zero-order chi connectivity index (χ0) is 18.1. The number of hydrogen-bond acceptors (Lipinski definition) is 2. The second kappa shape index (κ2) is 9.47. The normalized spacial score (nSPS) is 12.7. The highest BCUT2D eigenvalue weighted by Gasteiger charge is 2.21. The zero-order valence-electron chi connectivity index (χ0n) is 14.7. The molecular formula is C20H25N3O2. The van der Waals surface area contributed by atoms with Gasteiger partial charge in [0, 0.05) is 5.69 Å². The zero-order valence-corrected chi connectivity index (χ0v) is 14.7. The summed E-state index contributed by atoms with van der Waals surface area (Å²) in [5, 5.41) is 8.47. The van der Waals surface area contributed by atoms with Gasteiger partial charge in [0.2, 0.25) is 5.91 Å². The van der Waals surface area contributed by atoms with Crippen LogP contribution in [0.5, 0.6) is 0 Å². The van der Waals surface area contributed by atoms with Crippen LogP contribution in [0, 0.1) is 0 Å². The minimum atomic E-state index is -0.570. The molecule has 25 heavy (non-hydrogen) atoms. The minimum Gasteiger partial charge on any atom is -0.348 e. The first-order valence-corrected chi connectivity index (χ1v) is 8.58. The Morgan fingerprint density at radius 1 is 0.920 bits per heavy atom. The van der Waals surface area contributed by atoms with E-state index in [1.165, 1.54) is 0 Å². The van der Waals surface area contributed by atoms with E-state index in [9.17, 15) is 9.59 Å². The van der Waals surface area contributed by atoms with E-state index in [0.29, 0.717) is 12.1 Å². The van der Waals surface area contributed by atoms with Crippen LogP contribution in [0.1, 0.15) is 38.3 Å². The third-order valence-electron chi connectivity index (χ3n) is 3.89. The third-order valence-corrected chi connectivity index (χ3v) is 3.89. The molecule has 3 amide bonds. The number of carbonyl (C=O) groups excluding carboxylic acids is 2. The molecule has 0 radical (unpaired) electrons. The number of nitrogens with one attached hydrogen (secondary N) is 3. The molecule has 0 aromatic heterocycles. The number of amides is 3. The lowest BCUT2D eigenvalue weighted by atomic mass is 10.1. The Kier molecular flexibility index (Phi) is 7.01. The Bertz CT molecular complexity index is 674. The summed E-state index contributed by atoms with van der Waals surface area (Å²) in [7, 11) is 0. The molecule has 0 aliphatic rings. The van der Waals surface area contributed by atoms with Gasteiger partial charge in [0.25, 0.3) is 0 Å². The lowest BCUT2D eigenvalue weighted by Crippen LogP contribution is -2.48. The van der Waals surface area contributed by atoms with E-state index in [-0.39, 0.29) is 18.0 Å². The highest BCUT2D eigenvalue weighted by atomic mass is 16.2. The average molecular weight is 339 g/mol. The van der Waals surface area contributed by atoms with Gasteiger partial charge in [-0.05, 0) is 31.0 Å². The molecule has 0 spiro atoms. The third kappa shape index (κ3) is 5.95. The van der Waals surface area contributed by atoms with Gasteiger partial charge < -0.3 is 16.0 Å². The molecule has 3 N–H and O–H groups in total. The molecule has 5 nitrogen and oxygen atoms in total. The van der Waals surface area contributed by atoms with Crippen LogP contribution in [0.3, 0.4) is 0 Å². The molecule has 2 aromatic rings. The van der Waals surface area contributed by atoms with Gasteiger partial charge in [-0.25, -0.2) is 4.79 Å². The maximum Gasteiger partial charge on any atom is 0.319 e. The Hall–Kier alpha value is -2.82. The van der Waals surface area contributed by atoms with E-state index in [1.807, 2.05) is 62.4 Å². The molecule has 0 aliphatic carbocycles. The van der Waals surface area contributed by atoms with E-state index < -0.39 is 6.04 Å². The smallest absolute Gasteiger partial charge is 0.319 e. The Morgan fingerprint density at radius 2 is 1.52 bits per heavy atom. The molecule has 2 aromatic carbocycles. The number of hydrogen-bond donors (Lipinski definition) is 3. The molecule has 0 fully saturated rings. The molecule has 0 heterocycles. The Labute approximate surface area is 148 Å². The van der Waals surface area contributed by atoms with E-state index >= 15 is 0 Å². The average Bonchev–Trinajstić information content (AvgIpc) is 2.62. The fourth-order valence-corrected chi connectivity index (χ4v) is 2.54. The van der Waals surface area contributed by atoms with Crippen molar-refractivity contribution in [3.8, 4) is 0 Å². The monoisotopic (exact) mass is 339 g/mol. The fourth-order valence-electron chi connectivity index (χ4n) is 2.54. The van der Waals surface area contributed by atoms with Crippen LogP contribution in [0.2, 0.25) is 0 Å². The molecule has 2 atom stereocenters. The first-order chi connectivity index (χ1) is 12.1. The summed E-state index contributed by atoms with van der Waals surface area (Å²) in [5.41, 5.74) is 1.72. The van der Waals surface area contributed by atoms with Crippen LogP contribution in [0.4, 0.5) is 10.5 Å². The van der Waals surface area contributed by atoms with E-state index in [1.54, 1.807) is 12.1 Å². The van der Waals surface area contributed by atoms with Gasteiger partial charge in [-0.15, -0.1) is 0 Å². The number of rotatable bonds is 7. The number of para-hydroxylation sites is 1. The molecule has 132 valence electrons. The standard InChI is InChI=1S/C20H25N3O2/c1-3-10-18(23-20(25)22-17-13-8-5-9-14-17)19(24)21-15(2)16-11-6-4-7-12-16/h4-9,11-15,18H,3,10H2,1-2H3,(H,21,24)(H2,22,23,25). The van der Waals surface area contributed by atoms with E-state index in [4.69, 9.17) is 0 Å². The first-order valence-electron chi connectivity index (χ1n) is 8.58. The second-order valence-electron chi connectivity index (χ2n) is 5.95. The van der Waals surface area contributed by atoms with E-state index in [0.717, 1.165) is 12.0 Å². The van der Waals surface area contributed by atoms with E-state index in [2.05, 4.69) is 16.0 Å². The highest BCUT2D eigenvalue weighted by Crippen LogP contribution is 2.12. The minimum absolute atomic E-state index is 0.118. The number of carbonyl (C=O) groups is 2. The number of benzene rings is 2. The van der Waals surface area contributed by atoms with Crippen LogP contribution in [-0.2, 0) is 4.79 Å². The maximum atomic E-state index is 12.6. The molecule has 5 heteroatoms. The molecule has 2 unspecified atom stereocenters. The van der Waals surface area contributed by atoms with Gasteiger partial charge in [0.15, 0.2) is 0 Å². The highest BCUT2D eigenvalue weighted by molar-refractivity contribution is 5.93. The Balaban J connectivity index is 1.94. The van der Waals surface area contributed by atoms with Crippen molar-refractivity contribution in [2.75, 3.05) is 5.32 Å². The summed E-state index contributed by atoms with van der Waals surface area (Å²) in [5.74, 6) is -0.179. The van der Waals surface area contributed by atoms with Gasteiger partial charge in [-0.3, -0.25) is 4.79 Å². The van der Waals surface area contributed by atoms with Gasteiger partial charge >= 0.3 is 6.03 Å². The molecule has 2 rings (SSSR count). The van der Waals surface area contributed by atoms with Crippen molar-refractivity contribution in [2.24, 2.45) is 0 Å². The summed E-state index contributed by atoms with van der Waals surface area (Å²) >= 11 is 0. The van der Waals surface area contributed by atoms with Crippen LogP contribution in [-0.4, -0.2) is 18.0 Å². The maximum absolute atomic E-state index is 12.6. The molecular weight excluding hydrogens is 314 g/mol. The number of urea groups is 1. The van der Waals surface area contributed by atoms with Crippen LogP contribution in [0.25, 0.3) is 0 Å². The van der Waals surface area contributed by atoms with Gasteiger partial charge in [-0.1, -0.05) is 61.9 Å². The topological polar surface area (TPSA) is 70.2 Å². The summed E-state index contributed by atoms with van der Waals surface area (Å²) in [6.45, 7) is 3.91. The Morgan fingerprint density at radius 3 is 2.12 bits per heavy atom. The molecule has 0 saturated carbocycles. The van der Waals surface area contributed by atoms with Crippen molar-refractivity contribution in [3.63, 3.8) is 0 Å². The molecule has 0 aliphatic heterocycles. The molecule has 0 bridgehead atoms. The predicted octanol–water partition coefficient (Wildman–Crippen LogP) is 3.85. The fraction of sp³-hybridized carbons (Fsp3) is 0.300. The summed E-state index contributed by atoms with van der Waals surface area (Å²) in [6, 6.07) is 17.8. The van der Waals surface area contributed by atoms with Crippen molar-refractivity contribution in [1.29, 1.82) is 0 Å². The van der Waals surface area contributed by atoms with Gasteiger partial charge in [0.1, 0.15) is 6.04 Å². The van der Waals surface area contributed by atoms with Crippen LogP contribution in [0.15, 0.2) is 60.7 Å². The van der Waals surface area contributed by atoms with Crippen molar-refractivity contribution < 1.29 is 9.59 Å². The summed E-state index contributed by atoms with van der Waals surface area (Å²) in [4.78, 5) is 24.7. The number of anilines is 1. The van der Waals surface area contributed by atoms with Gasteiger partial charge in [-0.2, -0.15) is 0 Å². The SMILES string of the molecule is CCCC(NC(=O)Nc1ccccc1)C(=O)NC(C)c1ccccc1. The van der Waals surface area contributed by atoms with Crippen molar-refractivity contribution >= 4 is 17.6 Å². The van der Waals surface area contributed by atoms with Crippen LogP contribution >= 0.6 is 0 Å². The predicted molar refractivity (Wildman–Crippen MR) is 100 cm³/mol. The van der Waals surface area contributed by atoms with Crippen molar-refractivity contribution in [2.45, 2.75) is 38.8 Å². The summed E-state index contributed by atoms with van der Waals surface area (Å²) < 4.78 is 0. The van der Waals surface area contributed by atoms with Crippen molar-refractivity contribution in [1.82, 2.24) is 10.6 Å². The lowest BCUT2D eigenvalue weighted by molar-refractivity contribution is -0.123. The summed E-state index contributed by atoms with van der Waals surface area (Å²) in [6.07, 6.45) is 1.37. The van der Waals surface area contributed by atoms with Gasteiger partial charge in [0.05, 0.1) is 6.04 Å². The van der Waals surface area contributed by atoms with Crippen molar-refractivity contribution in [3.05, 3.63) is 66.2 Å². The largest absolute Gasteiger partial charge is 0.348 e. The quantitative estimate of drug-likeness (QED) is 0.717. The lowest BCUT2D eigenvalue weighted by Gasteiger charge is -2.21. The molecule has 0 saturated heterocycles. The van der Waals surface area contributed by atoms with Crippen LogP contribution < -0.4 is 16.0 Å². The first kappa shape index (κ1) is 18.5.